The molecule has 0 radical (unpaired) electrons. The fraction of sp³-hybridized carbons (Fsp3) is 0.915. The Morgan fingerprint density at radius 1 is 0.297 bits per heavy atom. The number of hydrogen-bond donors (Lipinski definition) is 38. The van der Waals surface area contributed by atoms with Crippen LogP contribution in [0.3, 0.4) is 0 Å². The van der Waals surface area contributed by atoms with Crippen molar-refractivity contribution in [1.29, 1.82) is 0 Å². The first kappa shape index (κ1) is 122. The molecule has 11 saturated heterocycles. The molecule has 11 aliphatic rings. The molecular formula is C82H135N5O61. The van der Waals surface area contributed by atoms with Crippen molar-refractivity contribution in [2.45, 2.75) is 403 Å². The van der Waals surface area contributed by atoms with Crippen LogP contribution in [-0.2, 0) is 133 Å². The van der Waals surface area contributed by atoms with Gasteiger partial charge in [-0.2, -0.15) is 0 Å². The average Bonchev–Trinajstić information content (AvgIpc) is 0.754. The van der Waals surface area contributed by atoms with E-state index in [0.29, 0.717) is 0 Å². The zero-order valence-corrected chi connectivity index (χ0v) is 79.4. The van der Waals surface area contributed by atoms with E-state index in [1.54, 1.807) is 0 Å². The molecular weight excluding hydrogens is 2030 g/mol. The second kappa shape index (κ2) is 52.4. The lowest BCUT2D eigenvalue weighted by molar-refractivity contribution is -0.400. The second-order valence-electron chi connectivity index (χ2n) is 37.4. The highest BCUT2D eigenvalue weighted by atomic mass is 16.8. The van der Waals surface area contributed by atoms with Gasteiger partial charge in [0.25, 0.3) is 11.6 Å². The number of aliphatic hydroxyl groups is 31. The Morgan fingerprint density at radius 2 is 0.615 bits per heavy atom. The third-order valence-electron chi connectivity index (χ3n) is 26.9. The zero-order valence-electron chi connectivity index (χ0n) is 79.4. The Kier molecular flexibility index (Phi) is 43.3. The van der Waals surface area contributed by atoms with Crippen molar-refractivity contribution in [2.24, 2.45) is 0 Å². The molecule has 0 bridgehead atoms. The summed E-state index contributed by atoms with van der Waals surface area (Å²) in [7, 11) is 0. The number of hydrogen-bond acceptors (Lipinski definition) is 59. The number of ether oxygens (including phenoxy) is 21. The molecule has 38 N–H and O–H groups in total. The Hall–Kier alpha value is -5.79. The lowest BCUT2D eigenvalue weighted by Crippen LogP contribution is -2.72. The van der Waals surface area contributed by atoms with Crippen LogP contribution in [0.25, 0.3) is 0 Å². The van der Waals surface area contributed by atoms with Gasteiger partial charge >= 0.3 is 11.9 Å². The van der Waals surface area contributed by atoms with Crippen molar-refractivity contribution >= 4 is 41.5 Å². The van der Waals surface area contributed by atoms with Gasteiger partial charge in [0, 0.05) is 47.5 Å². The number of amides is 5. The van der Waals surface area contributed by atoms with Crippen molar-refractivity contribution < 1.29 is 302 Å². The molecule has 11 heterocycles. The van der Waals surface area contributed by atoms with Gasteiger partial charge in [0.05, 0.1) is 96.5 Å². The Morgan fingerprint density at radius 3 is 1.05 bits per heavy atom. The monoisotopic (exact) mass is 2170 g/mol. The Bertz CT molecular complexity index is 4260. The molecule has 11 fully saturated rings. The van der Waals surface area contributed by atoms with Gasteiger partial charge < -0.3 is 295 Å². The largest absolute Gasteiger partial charge is 0.477 e. The van der Waals surface area contributed by atoms with Crippen LogP contribution in [0.1, 0.15) is 54.4 Å². The van der Waals surface area contributed by atoms with E-state index in [0.717, 1.165) is 34.6 Å². The summed E-state index contributed by atoms with van der Waals surface area (Å²) in [5.41, 5.74) is 0. The second-order valence-corrected chi connectivity index (χ2v) is 37.4. The van der Waals surface area contributed by atoms with Gasteiger partial charge in [-0.05, 0) is 6.92 Å². The standard InChI is InChI=1S/C82H135N5O61/c1-19-42(105)51(114)55(118)74(130-19)142-63-34(16-95)136-73(41(87-24(6)100)66(63)143-78-59(122)69(47(110)30(12-91)133-78)148-82(80(126)127)8-26(102)38(84-21(3)97)65(147-82)44(107)28(104)10-89)145-68-48(111)35(137-77(58(68)121)141-62-31(13-92)131-70(123)54(117)53(62)116)17-128-71-39(85-22(4)98)49(112)60(32(14-93)134-71)140-76-57(120)67(46(109)29(11-90)132-76)144-72-40(86-23(5)99)50(113)61(33(15-94)135-72)139-75-56(119)52(115)45(108)36(138-75)18-129-81(79(124)125)7-25(101)37(83-20(2)96)64(146-81)43(106)27(103)9-88/h19,25-78,88-95,101-123H,7-18H2,1-6H3,(H,83,96)(H,84,97)(H,85,98)(H,86,99)(H,87,100)(H,124,125)(H,126,127)/t19-,25-,26-,27+,28+,29+,30+,31+,32+,33+,34+,35+,36+,37+,38+,39+,40+,41+,42+,43+,44+,45-,46-,47-,48-,49+,50+,51+,52-,53+,54+,55-,56+,57+,58+,59+,60+,61+,62+,63+,64+,65+,66+,67-,68-,69-,70?,71+,72-,73-,74-,75-,76?,77-,78-,81+,82-/m0/s1. The van der Waals surface area contributed by atoms with Gasteiger partial charge in [0.15, 0.2) is 56.6 Å². The number of rotatable bonds is 41. The minimum absolute atomic E-state index is 0.820. The molecule has 0 saturated carbocycles. The molecule has 854 valence electrons. The summed E-state index contributed by atoms with van der Waals surface area (Å²) in [4.78, 5) is 91.4. The molecule has 0 aromatic carbocycles. The molecule has 0 spiro atoms. The maximum atomic E-state index is 13.8. The van der Waals surface area contributed by atoms with Crippen LogP contribution in [0, 0.1) is 0 Å². The van der Waals surface area contributed by atoms with Crippen molar-refractivity contribution in [3.8, 4) is 0 Å². The maximum Gasteiger partial charge on any atom is 0.364 e. The minimum Gasteiger partial charge on any atom is -0.477 e. The van der Waals surface area contributed by atoms with E-state index in [1.165, 1.54) is 6.92 Å². The number of carbonyl (C=O) groups excluding carboxylic acids is 5. The van der Waals surface area contributed by atoms with E-state index in [-0.39, 0.29) is 0 Å². The van der Waals surface area contributed by atoms with E-state index in [9.17, 15) is 202 Å². The van der Waals surface area contributed by atoms with Crippen molar-refractivity contribution in [2.75, 3.05) is 66.1 Å². The van der Waals surface area contributed by atoms with Crippen LogP contribution >= 0.6 is 0 Å². The third kappa shape index (κ3) is 26.8. The van der Waals surface area contributed by atoms with Crippen LogP contribution in [0.2, 0.25) is 0 Å². The molecule has 2 unspecified atom stereocenters. The number of nitrogens with one attached hydrogen (secondary N) is 5. The highest BCUT2D eigenvalue weighted by Gasteiger charge is 2.66. The molecule has 11 aliphatic heterocycles. The minimum atomic E-state index is -3.43. The van der Waals surface area contributed by atoms with Gasteiger partial charge in [-0.25, -0.2) is 9.59 Å². The highest BCUT2D eigenvalue weighted by molar-refractivity contribution is 5.78. The van der Waals surface area contributed by atoms with Crippen LogP contribution in [-0.4, -0.2) is 625 Å². The van der Waals surface area contributed by atoms with Gasteiger partial charge in [0.1, 0.15) is 250 Å². The number of aliphatic hydroxyl groups excluding tert-OH is 31. The van der Waals surface area contributed by atoms with E-state index in [1.807, 2.05) is 0 Å². The van der Waals surface area contributed by atoms with Gasteiger partial charge in [0.2, 0.25) is 29.5 Å². The smallest absolute Gasteiger partial charge is 0.364 e. The fourth-order valence-corrected chi connectivity index (χ4v) is 19.1. The summed E-state index contributed by atoms with van der Waals surface area (Å²) >= 11 is 0. The molecule has 0 aromatic rings. The highest BCUT2D eigenvalue weighted by Crippen LogP contribution is 2.45. The number of aliphatic carboxylic acids is 2. The maximum absolute atomic E-state index is 13.8. The third-order valence-corrected chi connectivity index (χ3v) is 26.9. The van der Waals surface area contributed by atoms with Crippen molar-refractivity contribution in [3.63, 3.8) is 0 Å². The summed E-state index contributed by atoms with van der Waals surface area (Å²) in [6, 6.07) is -9.87. The molecule has 0 aliphatic carbocycles. The summed E-state index contributed by atoms with van der Waals surface area (Å²) < 4.78 is 125. The van der Waals surface area contributed by atoms with Gasteiger partial charge in [-0.3, -0.25) is 24.0 Å². The summed E-state index contributed by atoms with van der Waals surface area (Å²) in [6.07, 6.45) is -115. The first-order chi connectivity index (χ1) is 69.6. The topological polar surface area (TPSA) is 1040 Å². The van der Waals surface area contributed by atoms with E-state index >= 15 is 0 Å². The van der Waals surface area contributed by atoms with E-state index in [4.69, 9.17) is 99.5 Å². The predicted octanol–water partition coefficient (Wildman–Crippen LogP) is -24.8. The molecule has 66 nitrogen and oxygen atoms in total. The number of carbonyl (C=O) groups is 7. The Balaban J connectivity index is 0.856. The summed E-state index contributed by atoms with van der Waals surface area (Å²) in [6.45, 7) is -6.90. The lowest BCUT2D eigenvalue weighted by atomic mass is 9.88. The first-order valence-corrected chi connectivity index (χ1v) is 46.8. The normalized spacial score (nSPS) is 47.0. The van der Waals surface area contributed by atoms with Crippen LogP contribution in [0.4, 0.5) is 0 Å². The molecule has 66 heteroatoms. The summed E-state index contributed by atoms with van der Waals surface area (Å²) in [5.74, 6) is -15.8. The molecule has 0 aromatic heterocycles. The predicted molar refractivity (Wildman–Crippen MR) is 453 cm³/mol. The SMILES string of the molecule is CC(=O)N[C@H]1[C@H](OC[C@H]2O[C@@H](O[C@H]3[C@H](O)[C@@H](O)C(O)O[C@@H]3CO)[C@H](O)[C@@H](O[C@@H]3O[C@H](CO)[C@@H](O[C@@H]4O[C@@H](C)[C@@H](O)[C@@H](O)[C@@H]4O)[C@H](O[C@@H]4O[C@H](CO)[C@H](O)[C@H](O[C@]5(C(=O)O)C[C@H](O)[C@@H](NC(C)=O)[C@H]([C@H](O)[C@H](O)CO)O5)[C@H]4O)[C@H]3NC(C)=O)[C@H]2O)O[C@H](CO)[C@@H](OC2O[C@H](CO)[C@H](O)[C@H](O[C@@H]3O[C@H](CO)[C@@H](O[C@@H]4O[C@H](CO[C@]5(C(=O)O)C[C@H](O)[C@@H](NC(C)=O)[C@H]([C@H](O)[C@H](O)CO)O5)[C@H](O)[C@H](O)[C@H]4O)[C@H](O)[C@H]3NC(C)=O)[C@H]2O)[C@@H]1O. The first-order valence-electron chi connectivity index (χ1n) is 46.8. The average molecular weight is 2170 g/mol. The lowest BCUT2D eigenvalue weighted by Gasteiger charge is -2.52. The van der Waals surface area contributed by atoms with Crippen LogP contribution in [0.5, 0.6) is 0 Å². The molecule has 148 heavy (non-hydrogen) atoms. The summed E-state index contributed by atoms with van der Waals surface area (Å²) in [5, 5.41) is 382. The quantitative estimate of drug-likeness (QED) is 0.0270. The van der Waals surface area contributed by atoms with Crippen molar-refractivity contribution in [3.05, 3.63) is 0 Å². The van der Waals surface area contributed by atoms with Crippen LogP contribution in [0.15, 0.2) is 0 Å². The molecule has 57 atom stereocenters. The van der Waals surface area contributed by atoms with Gasteiger partial charge in [-0.1, -0.05) is 0 Å². The number of carboxylic acid groups (broad SMARTS) is 2. The Labute approximate surface area is 836 Å². The van der Waals surface area contributed by atoms with Crippen molar-refractivity contribution in [1.82, 2.24) is 26.6 Å². The fourth-order valence-electron chi connectivity index (χ4n) is 19.1. The molecule has 5 amide bonds. The zero-order chi connectivity index (χ0) is 110. The molecule has 11 rings (SSSR count). The van der Waals surface area contributed by atoms with Gasteiger partial charge in [-0.15, -0.1) is 0 Å². The number of carboxylic acids is 2. The van der Waals surface area contributed by atoms with E-state index in [2.05, 4.69) is 26.6 Å². The van der Waals surface area contributed by atoms with Crippen LogP contribution < -0.4 is 26.6 Å². The van der Waals surface area contributed by atoms with E-state index < -0.39 is 469 Å².